The van der Waals surface area contributed by atoms with E-state index >= 15 is 4.39 Å². The average Bonchev–Trinajstić information content (AvgIpc) is 3.93. The number of carbonyl (C=O) groups is 2. The number of aromatic carboxylic acids is 1. The molecule has 0 spiro atoms. The van der Waals surface area contributed by atoms with Gasteiger partial charge in [-0.2, -0.15) is 0 Å². The first-order valence-corrected chi connectivity index (χ1v) is 16.3. The first-order valence-electron chi connectivity index (χ1n) is 16.3. The van der Waals surface area contributed by atoms with Crippen LogP contribution in [0.1, 0.15) is 46.4 Å². The minimum absolute atomic E-state index is 0.000487. The molecule has 1 aliphatic carbocycles. The number of rotatable bonds is 8. The van der Waals surface area contributed by atoms with Crippen LogP contribution in [0.2, 0.25) is 0 Å². The molecule has 2 aliphatic heterocycles. The molecule has 3 fully saturated rings. The number of halogens is 3. The predicted molar refractivity (Wildman–Crippen MR) is 175 cm³/mol. The maximum Gasteiger partial charge on any atom is 0.341 e. The van der Waals surface area contributed by atoms with Gasteiger partial charge in [0.15, 0.2) is 0 Å². The van der Waals surface area contributed by atoms with E-state index in [1.54, 1.807) is 39.8 Å². The Morgan fingerprint density at radius 1 is 0.792 bits per heavy atom. The molecule has 4 aromatic rings. The molecular weight excluding hydrogens is 623 g/mol. The second-order valence-electron chi connectivity index (χ2n) is 12.8. The van der Waals surface area contributed by atoms with E-state index in [2.05, 4.69) is 9.80 Å². The van der Waals surface area contributed by atoms with Crippen molar-refractivity contribution in [3.63, 3.8) is 0 Å². The SMILES string of the molecule is O=C(O)c1cn(C2CC2)c2cc(N3CCN(C(=O)CN4CCN(C(c5ccc(F)cc5)c5ccc(F)cc5)CC4)CC3)c(F)cc2c1=O. The van der Waals surface area contributed by atoms with E-state index in [4.69, 9.17) is 0 Å². The summed E-state index contributed by atoms with van der Waals surface area (Å²) in [5, 5.41) is 9.57. The van der Waals surface area contributed by atoms with Crippen LogP contribution in [-0.2, 0) is 4.79 Å². The van der Waals surface area contributed by atoms with Crippen molar-refractivity contribution in [2.75, 3.05) is 63.8 Å². The van der Waals surface area contributed by atoms with Gasteiger partial charge in [0.25, 0.3) is 0 Å². The minimum atomic E-state index is -1.33. The number of anilines is 1. The Hall–Kier alpha value is -4.68. The Bertz CT molecular complexity index is 1850. The van der Waals surface area contributed by atoms with Gasteiger partial charge in [-0.1, -0.05) is 24.3 Å². The topological polar surface area (TPSA) is 89.3 Å². The Morgan fingerprint density at radius 3 is 1.92 bits per heavy atom. The summed E-state index contributed by atoms with van der Waals surface area (Å²) in [6, 6.07) is 15.4. The van der Waals surface area contributed by atoms with E-state index in [9.17, 15) is 28.3 Å². The van der Waals surface area contributed by atoms with Crippen LogP contribution in [0.25, 0.3) is 10.9 Å². The lowest BCUT2D eigenvalue weighted by atomic mass is 9.96. The molecule has 3 heterocycles. The lowest BCUT2D eigenvalue weighted by molar-refractivity contribution is -0.133. The smallest absolute Gasteiger partial charge is 0.341 e. The summed E-state index contributed by atoms with van der Waals surface area (Å²) in [6.07, 6.45) is 3.10. The minimum Gasteiger partial charge on any atom is -0.477 e. The van der Waals surface area contributed by atoms with Crippen molar-refractivity contribution in [1.82, 2.24) is 19.3 Å². The highest BCUT2D eigenvalue weighted by molar-refractivity contribution is 5.93. The van der Waals surface area contributed by atoms with Gasteiger partial charge in [0.2, 0.25) is 11.3 Å². The molecule has 1 N–H and O–H groups in total. The quantitative estimate of drug-likeness (QED) is 0.298. The third-order valence-electron chi connectivity index (χ3n) is 9.75. The lowest BCUT2D eigenvalue weighted by Crippen LogP contribution is -2.54. The molecule has 250 valence electrons. The Labute approximate surface area is 275 Å². The summed E-state index contributed by atoms with van der Waals surface area (Å²) in [4.78, 5) is 45.9. The summed E-state index contributed by atoms with van der Waals surface area (Å²) in [5.41, 5.74) is 1.61. The highest BCUT2D eigenvalue weighted by Crippen LogP contribution is 2.38. The third-order valence-corrected chi connectivity index (χ3v) is 9.75. The Morgan fingerprint density at radius 2 is 1.38 bits per heavy atom. The molecule has 48 heavy (non-hydrogen) atoms. The number of benzene rings is 3. The maximum absolute atomic E-state index is 15.4. The Balaban J connectivity index is 0.982. The normalized spacial score (nSPS) is 17.8. The zero-order valence-corrected chi connectivity index (χ0v) is 26.3. The van der Waals surface area contributed by atoms with E-state index in [1.165, 1.54) is 30.5 Å². The largest absolute Gasteiger partial charge is 0.477 e. The van der Waals surface area contributed by atoms with Crippen molar-refractivity contribution in [3.05, 3.63) is 111 Å². The first-order chi connectivity index (χ1) is 23.2. The van der Waals surface area contributed by atoms with Gasteiger partial charge in [-0.15, -0.1) is 0 Å². The molecule has 0 bridgehead atoms. The van der Waals surface area contributed by atoms with Crippen LogP contribution in [0, 0.1) is 17.5 Å². The number of carboxylic acid groups (broad SMARTS) is 1. The molecule has 0 atom stereocenters. The summed E-state index contributed by atoms with van der Waals surface area (Å²) in [5.74, 6) is -2.57. The molecule has 9 nitrogen and oxygen atoms in total. The summed E-state index contributed by atoms with van der Waals surface area (Å²) < 4.78 is 44.6. The van der Waals surface area contributed by atoms with Crippen molar-refractivity contribution in [2.24, 2.45) is 0 Å². The van der Waals surface area contributed by atoms with Gasteiger partial charge in [0, 0.05) is 70.0 Å². The number of amides is 1. The fraction of sp³-hybridized carbons (Fsp3) is 0.361. The van der Waals surface area contributed by atoms with Gasteiger partial charge in [-0.25, -0.2) is 18.0 Å². The maximum atomic E-state index is 15.4. The summed E-state index contributed by atoms with van der Waals surface area (Å²) in [7, 11) is 0. The molecule has 2 saturated heterocycles. The second kappa shape index (κ2) is 13.1. The zero-order chi connectivity index (χ0) is 33.5. The van der Waals surface area contributed by atoms with Crippen molar-refractivity contribution in [3.8, 4) is 0 Å². The molecule has 0 unspecified atom stereocenters. The lowest BCUT2D eigenvalue weighted by Gasteiger charge is -2.41. The first kappa shape index (κ1) is 31.9. The van der Waals surface area contributed by atoms with Gasteiger partial charge >= 0.3 is 5.97 Å². The van der Waals surface area contributed by atoms with Crippen LogP contribution in [0.3, 0.4) is 0 Å². The fourth-order valence-corrected chi connectivity index (χ4v) is 6.98. The van der Waals surface area contributed by atoms with Gasteiger partial charge in [0.05, 0.1) is 23.8 Å². The monoisotopic (exact) mass is 659 g/mol. The van der Waals surface area contributed by atoms with Crippen molar-refractivity contribution >= 4 is 28.5 Å². The summed E-state index contributed by atoms with van der Waals surface area (Å²) in [6.45, 7) is 4.57. The number of piperazine rings is 2. The molecular formula is C36H36F3N5O4. The second-order valence-corrected chi connectivity index (χ2v) is 12.8. The highest BCUT2D eigenvalue weighted by Gasteiger charge is 2.31. The van der Waals surface area contributed by atoms with Crippen LogP contribution in [0.15, 0.2) is 71.7 Å². The number of nitrogens with zero attached hydrogens (tertiary/aromatic N) is 5. The van der Waals surface area contributed by atoms with Crippen LogP contribution < -0.4 is 10.3 Å². The zero-order valence-electron chi connectivity index (χ0n) is 26.3. The van der Waals surface area contributed by atoms with E-state index < -0.39 is 17.2 Å². The number of aromatic nitrogens is 1. The van der Waals surface area contributed by atoms with Crippen molar-refractivity contribution < 1.29 is 27.9 Å². The molecule has 1 saturated carbocycles. The van der Waals surface area contributed by atoms with Gasteiger partial charge in [-0.3, -0.25) is 19.4 Å². The van der Waals surface area contributed by atoms with Crippen LogP contribution >= 0.6 is 0 Å². The molecule has 1 amide bonds. The van der Waals surface area contributed by atoms with Crippen LogP contribution in [0.5, 0.6) is 0 Å². The molecule has 1 aromatic heterocycles. The van der Waals surface area contributed by atoms with E-state index in [-0.39, 0.29) is 47.1 Å². The molecule has 3 aromatic carbocycles. The van der Waals surface area contributed by atoms with E-state index in [1.807, 2.05) is 4.90 Å². The predicted octanol–water partition coefficient (Wildman–Crippen LogP) is 4.51. The molecule has 0 radical (unpaired) electrons. The van der Waals surface area contributed by atoms with Crippen LogP contribution in [-0.4, -0.2) is 95.2 Å². The van der Waals surface area contributed by atoms with Crippen molar-refractivity contribution in [2.45, 2.75) is 24.9 Å². The molecule has 3 aliphatic rings. The number of pyridine rings is 1. The highest BCUT2D eigenvalue weighted by atomic mass is 19.1. The van der Waals surface area contributed by atoms with Crippen LogP contribution in [0.4, 0.5) is 18.9 Å². The average molecular weight is 660 g/mol. The van der Waals surface area contributed by atoms with Crippen molar-refractivity contribution in [1.29, 1.82) is 0 Å². The van der Waals surface area contributed by atoms with E-state index in [0.29, 0.717) is 63.6 Å². The fourth-order valence-electron chi connectivity index (χ4n) is 6.98. The number of hydrogen-bond donors (Lipinski definition) is 1. The number of carboxylic acids is 1. The molecule has 7 rings (SSSR count). The molecule has 12 heteroatoms. The third kappa shape index (κ3) is 6.42. The van der Waals surface area contributed by atoms with E-state index in [0.717, 1.165) is 30.0 Å². The standard InChI is InChI=1S/C36H36F3N5O4/c37-25-5-1-23(2-6-25)34(24-3-7-26(38)8-4-24)43-13-11-40(12-14-43)22-33(45)42-17-15-41(16-18-42)32-20-31-28(19-30(32)39)35(46)29(36(47)48)21-44(31)27-9-10-27/h1-8,19-21,27,34H,9-18,22H2,(H,47,48). The summed E-state index contributed by atoms with van der Waals surface area (Å²) >= 11 is 0. The van der Waals surface area contributed by atoms with Gasteiger partial charge in [0.1, 0.15) is 23.0 Å². The number of fused-ring (bicyclic) bond motifs is 1. The Kier molecular flexibility index (Phi) is 8.69. The van der Waals surface area contributed by atoms with Gasteiger partial charge < -0.3 is 19.5 Å². The number of hydrogen-bond acceptors (Lipinski definition) is 6. The van der Waals surface area contributed by atoms with Gasteiger partial charge in [-0.05, 0) is 60.4 Å². The number of carbonyl (C=O) groups excluding carboxylic acids is 1.